The van der Waals surface area contributed by atoms with Crippen LogP contribution in [0.1, 0.15) is 6.42 Å². The van der Waals surface area contributed by atoms with Gasteiger partial charge in [-0.3, -0.25) is 4.90 Å². The van der Waals surface area contributed by atoms with Crippen molar-refractivity contribution in [1.29, 1.82) is 0 Å². The van der Waals surface area contributed by atoms with Gasteiger partial charge in [0.2, 0.25) is 0 Å². The summed E-state index contributed by atoms with van der Waals surface area (Å²) < 4.78 is 24.8. The minimum absolute atomic E-state index is 0.241. The Morgan fingerprint density at radius 1 is 1.46 bits per heavy atom. The van der Waals surface area contributed by atoms with E-state index >= 15 is 0 Å². The topological polar surface area (TPSA) is 54.0 Å². The quantitative estimate of drug-likeness (QED) is 0.781. The van der Waals surface area contributed by atoms with Crippen molar-refractivity contribution in [3.05, 3.63) is 24.0 Å². The van der Waals surface area contributed by atoms with Crippen molar-refractivity contribution in [2.45, 2.75) is 12.5 Å². The van der Waals surface area contributed by atoms with E-state index in [1.54, 1.807) is 12.1 Å². The number of ether oxygens (including phenoxy) is 2. The number of halogens is 1. The molecule has 1 amide bonds. The Labute approximate surface area is 162 Å². The predicted octanol–water partition coefficient (Wildman–Crippen LogP) is 2.62. The number of nitrogens with one attached hydrogen (secondary N) is 1. The van der Waals surface area contributed by atoms with Crippen LogP contribution < -0.4 is 15.1 Å². The van der Waals surface area contributed by atoms with Gasteiger partial charge in [-0.1, -0.05) is 0 Å². The Hall–Kier alpha value is -1.74. The largest absolute Gasteiger partial charge is 0.474 e. The molecule has 26 heavy (non-hydrogen) atoms. The van der Waals surface area contributed by atoms with Crippen molar-refractivity contribution in [3.8, 4) is 0 Å². The highest BCUT2D eigenvalue weighted by molar-refractivity contribution is 7.99. The number of thiocarbonyl (C=S) groups is 1. The van der Waals surface area contributed by atoms with Crippen LogP contribution in [-0.2, 0) is 9.47 Å². The fraction of sp³-hybridized carbons (Fsp3) is 0.529. The smallest absolute Gasteiger partial charge is 0.414 e. The molecule has 0 aliphatic carbocycles. The monoisotopic (exact) mass is 399 g/mol. The first-order valence-electron chi connectivity index (χ1n) is 8.50. The van der Waals surface area contributed by atoms with Gasteiger partial charge in [-0.25, -0.2) is 9.18 Å². The Balaban J connectivity index is 1.66. The van der Waals surface area contributed by atoms with Crippen LogP contribution in [0.25, 0.3) is 0 Å². The average molecular weight is 400 g/mol. The van der Waals surface area contributed by atoms with E-state index in [9.17, 15) is 9.18 Å². The van der Waals surface area contributed by atoms with E-state index in [0.717, 1.165) is 31.0 Å². The van der Waals surface area contributed by atoms with Gasteiger partial charge in [0.25, 0.3) is 5.17 Å². The zero-order chi connectivity index (χ0) is 18.5. The van der Waals surface area contributed by atoms with Crippen LogP contribution >= 0.6 is 24.0 Å². The molecule has 2 heterocycles. The van der Waals surface area contributed by atoms with Crippen LogP contribution in [0.4, 0.5) is 20.6 Å². The Morgan fingerprint density at radius 2 is 2.31 bits per heavy atom. The zero-order valence-corrected chi connectivity index (χ0v) is 16.2. The molecule has 9 heteroatoms. The van der Waals surface area contributed by atoms with Gasteiger partial charge >= 0.3 is 6.09 Å². The van der Waals surface area contributed by atoms with E-state index < -0.39 is 6.09 Å². The average Bonchev–Trinajstić information content (AvgIpc) is 2.83. The second kappa shape index (κ2) is 8.77. The van der Waals surface area contributed by atoms with E-state index in [4.69, 9.17) is 21.7 Å². The van der Waals surface area contributed by atoms with Crippen LogP contribution in [0.3, 0.4) is 0 Å². The highest BCUT2D eigenvalue weighted by Crippen LogP contribution is 2.29. The maximum Gasteiger partial charge on any atom is 0.414 e. The van der Waals surface area contributed by atoms with Gasteiger partial charge in [0.05, 0.1) is 31.6 Å². The Bertz CT molecular complexity index is 669. The molecule has 3 rings (SSSR count). The van der Waals surface area contributed by atoms with Gasteiger partial charge in [0, 0.05) is 18.8 Å². The molecule has 0 saturated carbocycles. The van der Waals surface area contributed by atoms with Gasteiger partial charge in [0.1, 0.15) is 11.9 Å². The maximum atomic E-state index is 14.7. The molecule has 6 nitrogen and oxygen atoms in total. The molecular formula is C17H22FN3O3S2. The van der Waals surface area contributed by atoms with E-state index in [1.807, 2.05) is 11.8 Å². The molecule has 2 aliphatic rings. The number of cyclic esters (lactones) is 1. The highest BCUT2D eigenvalue weighted by atomic mass is 32.2. The van der Waals surface area contributed by atoms with E-state index in [2.05, 4.69) is 10.2 Å². The number of anilines is 2. The van der Waals surface area contributed by atoms with Crippen LogP contribution in [0, 0.1) is 5.82 Å². The van der Waals surface area contributed by atoms with Crippen molar-refractivity contribution < 1.29 is 18.7 Å². The number of benzene rings is 1. The molecule has 0 radical (unpaired) electrons. The molecule has 1 aromatic carbocycles. The van der Waals surface area contributed by atoms with Crippen molar-refractivity contribution in [2.24, 2.45) is 0 Å². The van der Waals surface area contributed by atoms with E-state index in [-0.39, 0.29) is 17.1 Å². The lowest BCUT2D eigenvalue weighted by molar-refractivity contribution is 0.142. The first-order valence-corrected chi connectivity index (χ1v) is 10.1. The second-order valence-corrected chi connectivity index (χ2v) is 7.67. The first kappa shape index (κ1) is 19.0. The van der Waals surface area contributed by atoms with Gasteiger partial charge in [-0.2, -0.15) is 11.8 Å². The molecule has 2 fully saturated rings. The summed E-state index contributed by atoms with van der Waals surface area (Å²) in [5.41, 5.74) is 1.09. The number of methoxy groups -OCH3 is 1. The molecule has 2 aliphatic heterocycles. The van der Waals surface area contributed by atoms with Crippen LogP contribution in [0.15, 0.2) is 18.2 Å². The molecule has 0 unspecified atom stereocenters. The number of carbonyl (C=O) groups is 1. The number of carbonyl (C=O) groups excluding carboxylic acids is 1. The molecule has 0 bridgehead atoms. The SMILES string of the molecule is COC(=S)NC[C@H]1CN(c2ccc(N3CCCSCC3)c(F)c2)C(=O)O1. The summed E-state index contributed by atoms with van der Waals surface area (Å²) in [5.74, 6) is 1.79. The lowest BCUT2D eigenvalue weighted by Crippen LogP contribution is -2.34. The molecule has 1 N–H and O–H groups in total. The number of nitrogens with zero attached hydrogens (tertiary/aromatic N) is 2. The van der Waals surface area contributed by atoms with Crippen LogP contribution in [0.2, 0.25) is 0 Å². The first-order chi connectivity index (χ1) is 12.6. The normalized spacial score (nSPS) is 20.5. The van der Waals surface area contributed by atoms with E-state index in [0.29, 0.717) is 24.5 Å². The lowest BCUT2D eigenvalue weighted by Gasteiger charge is -2.24. The predicted molar refractivity (Wildman–Crippen MR) is 106 cm³/mol. The summed E-state index contributed by atoms with van der Waals surface area (Å²) in [6, 6.07) is 4.93. The molecule has 142 valence electrons. The summed E-state index contributed by atoms with van der Waals surface area (Å²) in [5, 5.41) is 3.10. The molecule has 0 spiro atoms. The van der Waals surface area contributed by atoms with Gasteiger partial charge in [-0.05, 0) is 42.6 Å². The number of thioether (sulfide) groups is 1. The third kappa shape index (κ3) is 4.50. The van der Waals surface area contributed by atoms with Crippen molar-refractivity contribution in [2.75, 3.05) is 54.6 Å². The zero-order valence-electron chi connectivity index (χ0n) is 14.6. The van der Waals surface area contributed by atoms with Crippen LogP contribution in [-0.4, -0.2) is 62.2 Å². The fourth-order valence-electron chi connectivity index (χ4n) is 3.02. The minimum atomic E-state index is -0.488. The Kier molecular flexibility index (Phi) is 6.42. The molecule has 1 aromatic rings. The van der Waals surface area contributed by atoms with Gasteiger partial charge < -0.3 is 19.7 Å². The van der Waals surface area contributed by atoms with Crippen molar-refractivity contribution >= 4 is 46.6 Å². The highest BCUT2D eigenvalue weighted by Gasteiger charge is 2.33. The number of rotatable bonds is 4. The van der Waals surface area contributed by atoms with Gasteiger partial charge in [-0.15, -0.1) is 0 Å². The second-order valence-electron chi connectivity index (χ2n) is 6.08. The lowest BCUT2D eigenvalue weighted by atomic mass is 10.2. The summed E-state index contributed by atoms with van der Waals surface area (Å²) >= 11 is 6.80. The number of hydrogen-bond donors (Lipinski definition) is 1. The standard InChI is InChI=1S/C17H22FN3O3S2/c1-23-16(25)19-10-13-11-21(17(22)24-13)12-3-4-15(14(18)9-12)20-5-2-7-26-8-6-20/h3-4,9,13H,2,5-8,10-11H2,1H3,(H,19,25)/t13-/m0/s1. The summed E-state index contributed by atoms with van der Waals surface area (Å²) in [7, 11) is 1.47. The fourth-order valence-corrected chi connectivity index (χ4v) is 3.99. The molecular weight excluding hydrogens is 377 g/mol. The Morgan fingerprint density at radius 3 is 3.08 bits per heavy atom. The molecule has 2 saturated heterocycles. The maximum absolute atomic E-state index is 14.7. The third-order valence-electron chi connectivity index (χ3n) is 4.34. The van der Waals surface area contributed by atoms with E-state index in [1.165, 1.54) is 18.1 Å². The van der Waals surface area contributed by atoms with Gasteiger partial charge in [0.15, 0.2) is 0 Å². The minimum Gasteiger partial charge on any atom is -0.474 e. The molecule has 0 aromatic heterocycles. The summed E-state index contributed by atoms with van der Waals surface area (Å²) in [6.45, 7) is 2.36. The van der Waals surface area contributed by atoms with Crippen LogP contribution in [0.5, 0.6) is 0 Å². The van der Waals surface area contributed by atoms with Crippen molar-refractivity contribution in [3.63, 3.8) is 0 Å². The summed E-state index contributed by atoms with van der Waals surface area (Å²) in [6.07, 6.45) is 0.182. The number of amides is 1. The third-order valence-corrected chi connectivity index (χ3v) is 5.70. The molecule has 1 atom stereocenters. The van der Waals surface area contributed by atoms with Crippen molar-refractivity contribution in [1.82, 2.24) is 5.32 Å². The summed E-state index contributed by atoms with van der Waals surface area (Å²) in [4.78, 5) is 15.6. The number of hydrogen-bond acceptors (Lipinski definition) is 6.